The summed E-state index contributed by atoms with van der Waals surface area (Å²) in [5.74, 6) is 0.679. The van der Waals surface area contributed by atoms with Crippen molar-refractivity contribution in [1.82, 2.24) is 9.78 Å². The van der Waals surface area contributed by atoms with E-state index < -0.39 is 0 Å². The van der Waals surface area contributed by atoms with E-state index in [0.717, 1.165) is 17.5 Å². The first-order valence-electron chi connectivity index (χ1n) is 7.02. The van der Waals surface area contributed by atoms with E-state index in [1.165, 1.54) is 5.56 Å². The van der Waals surface area contributed by atoms with Crippen LogP contribution in [-0.4, -0.2) is 9.78 Å². The van der Waals surface area contributed by atoms with E-state index in [-0.39, 0.29) is 0 Å². The number of anilines is 1. The number of rotatable bonds is 5. The van der Waals surface area contributed by atoms with Crippen LogP contribution in [0.15, 0.2) is 18.2 Å². The van der Waals surface area contributed by atoms with Gasteiger partial charge in [-0.1, -0.05) is 30.7 Å². The molecule has 110 valence electrons. The summed E-state index contributed by atoms with van der Waals surface area (Å²) in [7, 11) is 0. The van der Waals surface area contributed by atoms with Crippen molar-refractivity contribution in [3.63, 3.8) is 0 Å². The van der Waals surface area contributed by atoms with E-state index >= 15 is 0 Å². The molecule has 1 aromatic carbocycles. The van der Waals surface area contributed by atoms with Gasteiger partial charge in [-0.15, -0.1) is 5.10 Å². The molecule has 2 rings (SSSR count). The molecule has 0 amide bonds. The van der Waals surface area contributed by atoms with E-state index in [1.807, 2.05) is 26.0 Å². The lowest BCUT2D eigenvalue weighted by molar-refractivity contribution is 0.288. The summed E-state index contributed by atoms with van der Waals surface area (Å²) in [6.45, 7) is 7.18. The summed E-state index contributed by atoms with van der Waals surface area (Å²) < 4.78 is 7.33. The second-order valence-corrected chi connectivity index (χ2v) is 5.12. The summed E-state index contributed by atoms with van der Waals surface area (Å²) in [5, 5.41) is 13.5. The minimum Gasteiger partial charge on any atom is -0.471 e. The van der Waals surface area contributed by atoms with Gasteiger partial charge in [-0.05, 0) is 31.4 Å². The lowest BCUT2D eigenvalue weighted by atomic mass is 10.1. The third kappa shape index (κ3) is 3.16. The van der Waals surface area contributed by atoms with Gasteiger partial charge >= 0.3 is 0 Å². The quantitative estimate of drug-likeness (QED) is 0.915. The average molecular weight is 284 g/mol. The molecular weight excluding hydrogens is 264 g/mol. The summed E-state index contributed by atoms with van der Waals surface area (Å²) in [6, 6.07) is 8.25. The Morgan fingerprint density at radius 3 is 2.76 bits per heavy atom. The molecule has 0 aliphatic rings. The molecule has 0 bridgehead atoms. The Hall–Kier alpha value is -2.48. The van der Waals surface area contributed by atoms with Gasteiger partial charge in [0.15, 0.2) is 5.56 Å². The molecule has 2 aromatic rings. The lowest BCUT2D eigenvalue weighted by Gasteiger charge is -2.07. The summed E-state index contributed by atoms with van der Waals surface area (Å²) >= 11 is 0. The fraction of sp³-hybridized carbons (Fsp3) is 0.375. The summed E-state index contributed by atoms with van der Waals surface area (Å²) in [6.07, 6.45) is 0.896. The van der Waals surface area contributed by atoms with Crippen molar-refractivity contribution in [2.75, 3.05) is 5.73 Å². The van der Waals surface area contributed by atoms with Crippen LogP contribution in [0.3, 0.4) is 0 Å². The van der Waals surface area contributed by atoms with Gasteiger partial charge in [-0.2, -0.15) is 5.26 Å². The van der Waals surface area contributed by atoms with E-state index in [9.17, 15) is 5.26 Å². The maximum atomic E-state index is 9.21. The zero-order valence-electron chi connectivity index (χ0n) is 12.7. The number of aromatic nitrogens is 2. The molecule has 1 heterocycles. The molecule has 21 heavy (non-hydrogen) atoms. The highest BCUT2D eigenvalue weighted by molar-refractivity contribution is 5.55. The molecule has 0 saturated carbocycles. The van der Waals surface area contributed by atoms with E-state index in [1.54, 1.807) is 4.68 Å². The van der Waals surface area contributed by atoms with Crippen LogP contribution in [0, 0.1) is 25.2 Å². The third-order valence-electron chi connectivity index (χ3n) is 3.37. The number of ether oxygens (including phenoxy) is 1. The number of nitrogens with two attached hydrogens (primary N) is 1. The molecule has 1 aromatic heterocycles. The number of hydrogen-bond donors (Lipinski definition) is 1. The van der Waals surface area contributed by atoms with Crippen LogP contribution < -0.4 is 10.5 Å². The molecule has 0 aliphatic heterocycles. The summed E-state index contributed by atoms with van der Waals surface area (Å²) in [4.78, 5) is 0. The summed E-state index contributed by atoms with van der Waals surface area (Å²) in [5.41, 5.74) is 9.68. The highest BCUT2D eigenvalue weighted by Crippen LogP contribution is 2.24. The van der Waals surface area contributed by atoms with Crippen LogP contribution in [0.25, 0.3) is 0 Å². The first-order chi connectivity index (χ1) is 10.1. The maximum Gasteiger partial charge on any atom is 0.253 e. The smallest absolute Gasteiger partial charge is 0.253 e. The first kappa shape index (κ1) is 14.9. The fourth-order valence-corrected chi connectivity index (χ4v) is 2.19. The Morgan fingerprint density at radius 1 is 1.38 bits per heavy atom. The lowest BCUT2D eigenvalue weighted by Crippen LogP contribution is -2.04. The first-order valence-corrected chi connectivity index (χ1v) is 7.02. The van der Waals surface area contributed by atoms with E-state index in [0.29, 0.717) is 30.4 Å². The topological polar surface area (TPSA) is 76.9 Å². The van der Waals surface area contributed by atoms with Crippen LogP contribution in [0.5, 0.6) is 5.88 Å². The van der Waals surface area contributed by atoms with Crippen LogP contribution in [-0.2, 0) is 13.2 Å². The second kappa shape index (κ2) is 6.31. The highest BCUT2D eigenvalue weighted by atomic mass is 16.5. The Kier molecular flexibility index (Phi) is 4.49. The standard InChI is InChI=1S/C16H20N4O/c1-4-7-20-15(18)14(9-17)16(19-20)21-10-13-6-5-11(2)8-12(13)3/h5-6,8H,4,7,10,18H2,1-3H3. The molecule has 0 spiro atoms. The van der Waals surface area contributed by atoms with Crippen LogP contribution in [0.1, 0.15) is 35.6 Å². The van der Waals surface area contributed by atoms with Crippen molar-refractivity contribution < 1.29 is 4.74 Å². The van der Waals surface area contributed by atoms with Crippen LogP contribution >= 0.6 is 0 Å². The van der Waals surface area contributed by atoms with E-state index in [2.05, 4.69) is 24.2 Å². The molecule has 5 nitrogen and oxygen atoms in total. The molecular formula is C16H20N4O. The highest BCUT2D eigenvalue weighted by Gasteiger charge is 2.16. The van der Waals surface area contributed by atoms with Crippen molar-refractivity contribution in [1.29, 1.82) is 5.26 Å². The molecule has 2 N–H and O–H groups in total. The molecule has 0 saturated heterocycles. The predicted molar refractivity (Wildman–Crippen MR) is 81.9 cm³/mol. The average Bonchev–Trinajstić information content (AvgIpc) is 2.74. The van der Waals surface area contributed by atoms with Gasteiger partial charge in [0.25, 0.3) is 5.88 Å². The Bertz CT molecular complexity index is 682. The zero-order valence-corrected chi connectivity index (χ0v) is 12.7. The van der Waals surface area contributed by atoms with Crippen LogP contribution in [0.2, 0.25) is 0 Å². The Labute approximate surface area is 124 Å². The molecule has 0 atom stereocenters. The SMILES string of the molecule is CCCn1nc(OCc2ccc(C)cc2C)c(C#N)c1N. The molecule has 0 aliphatic carbocycles. The fourth-order valence-electron chi connectivity index (χ4n) is 2.19. The van der Waals surface area contributed by atoms with Gasteiger partial charge in [-0.25, -0.2) is 4.68 Å². The molecule has 0 fully saturated rings. The Balaban J connectivity index is 2.20. The van der Waals surface area contributed by atoms with Crippen molar-refractivity contribution in [3.05, 3.63) is 40.5 Å². The largest absolute Gasteiger partial charge is 0.471 e. The van der Waals surface area contributed by atoms with Gasteiger partial charge < -0.3 is 10.5 Å². The molecule has 0 radical (unpaired) electrons. The molecule has 0 unspecified atom stereocenters. The van der Waals surface area contributed by atoms with E-state index in [4.69, 9.17) is 10.5 Å². The second-order valence-electron chi connectivity index (χ2n) is 5.12. The minimum atomic E-state index is 0.309. The number of aryl methyl sites for hydroxylation is 3. The zero-order chi connectivity index (χ0) is 15.4. The molecule has 5 heteroatoms. The van der Waals surface area contributed by atoms with Crippen LogP contribution in [0.4, 0.5) is 5.82 Å². The number of nitrogen functional groups attached to an aromatic ring is 1. The Morgan fingerprint density at radius 2 is 2.14 bits per heavy atom. The monoisotopic (exact) mass is 284 g/mol. The predicted octanol–water partition coefficient (Wildman–Crippen LogP) is 2.94. The van der Waals surface area contributed by atoms with Crippen molar-refractivity contribution in [2.24, 2.45) is 0 Å². The van der Waals surface area contributed by atoms with Gasteiger partial charge in [0, 0.05) is 6.54 Å². The normalized spacial score (nSPS) is 10.4. The number of nitriles is 1. The van der Waals surface area contributed by atoms with Crippen molar-refractivity contribution in [2.45, 2.75) is 40.3 Å². The maximum absolute atomic E-state index is 9.21. The number of hydrogen-bond acceptors (Lipinski definition) is 4. The number of benzene rings is 1. The third-order valence-corrected chi connectivity index (χ3v) is 3.37. The van der Waals surface area contributed by atoms with Crippen molar-refractivity contribution >= 4 is 5.82 Å². The van der Waals surface area contributed by atoms with Gasteiger partial charge in [0.2, 0.25) is 0 Å². The van der Waals surface area contributed by atoms with Gasteiger partial charge in [0.1, 0.15) is 18.5 Å². The van der Waals surface area contributed by atoms with Gasteiger partial charge in [-0.3, -0.25) is 0 Å². The minimum absolute atomic E-state index is 0.309. The number of nitrogens with zero attached hydrogens (tertiary/aromatic N) is 3. The van der Waals surface area contributed by atoms with Crippen molar-refractivity contribution in [3.8, 4) is 11.9 Å². The van der Waals surface area contributed by atoms with Gasteiger partial charge in [0.05, 0.1) is 0 Å².